The van der Waals surface area contributed by atoms with Crippen molar-refractivity contribution in [2.45, 2.75) is 26.2 Å². The molecule has 1 heterocycles. The number of hydrogen-bond acceptors (Lipinski definition) is 2. The van der Waals surface area contributed by atoms with Gasteiger partial charge in [-0.15, -0.1) is 0 Å². The molecule has 24 heavy (non-hydrogen) atoms. The van der Waals surface area contributed by atoms with Crippen molar-refractivity contribution in [1.82, 2.24) is 0 Å². The molecule has 122 valence electrons. The zero-order valence-corrected chi connectivity index (χ0v) is 14.5. The lowest BCUT2D eigenvalue weighted by molar-refractivity contribution is 0.431. The molecule has 0 radical (unpaired) electrons. The molecule has 2 aromatic rings. The predicted octanol–water partition coefficient (Wildman–Crippen LogP) is 6.10. The maximum Gasteiger partial charge on any atom is 0.151 e. The summed E-state index contributed by atoms with van der Waals surface area (Å²) < 4.78 is 5.96. The van der Waals surface area contributed by atoms with Gasteiger partial charge in [0.05, 0.1) is 11.4 Å². The van der Waals surface area contributed by atoms with Crippen LogP contribution >= 0.6 is 0 Å². The number of anilines is 2. The second-order valence-corrected chi connectivity index (χ2v) is 6.86. The summed E-state index contributed by atoms with van der Waals surface area (Å²) in [5.74, 6) is 1.53. The van der Waals surface area contributed by atoms with Crippen LogP contribution in [0.3, 0.4) is 0 Å². The van der Waals surface area contributed by atoms with Gasteiger partial charge in [-0.25, -0.2) is 0 Å². The molecule has 0 aliphatic carbocycles. The van der Waals surface area contributed by atoms with Gasteiger partial charge < -0.3 is 9.64 Å². The van der Waals surface area contributed by atoms with E-state index in [0.717, 1.165) is 22.8 Å². The second-order valence-electron chi connectivity index (χ2n) is 6.86. The van der Waals surface area contributed by atoms with E-state index in [4.69, 9.17) is 4.74 Å². The zero-order valence-electron chi connectivity index (χ0n) is 14.5. The Morgan fingerprint density at radius 1 is 0.917 bits per heavy atom. The van der Waals surface area contributed by atoms with Crippen LogP contribution < -0.4 is 9.64 Å². The van der Waals surface area contributed by atoms with Crippen molar-refractivity contribution in [3.8, 4) is 5.75 Å². The predicted molar refractivity (Wildman–Crippen MR) is 102 cm³/mol. The summed E-state index contributed by atoms with van der Waals surface area (Å²) in [6, 6.07) is 16.7. The third-order valence-corrected chi connectivity index (χ3v) is 4.19. The lowest BCUT2D eigenvalue weighted by Crippen LogP contribution is -2.23. The van der Waals surface area contributed by atoms with Gasteiger partial charge in [-0.05, 0) is 47.4 Å². The number of ether oxygens (including phenoxy) is 1. The Labute approximate surface area is 144 Å². The minimum absolute atomic E-state index is 0.130. The van der Waals surface area contributed by atoms with E-state index in [-0.39, 0.29) is 5.41 Å². The highest BCUT2D eigenvalue weighted by Gasteiger charge is 2.25. The summed E-state index contributed by atoms with van der Waals surface area (Å²) in [5, 5.41) is 0. The number of para-hydroxylation sites is 2. The van der Waals surface area contributed by atoms with Crippen molar-refractivity contribution in [2.24, 2.45) is 0 Å². The molecule has 0 N–H and O–H groups in total. The van der Waals surface area contributed by atoms with Gasteiger partial charge in [0, 0.05) is 5.69 Å². The van der Waals surface area contributed by atoms with Gasteiger partial charge in [0.1, 0.15) is 0 Å². The Morgan fingerprint density at radius 2 is 1.58 bits per heavy atom. The molecule has 0 aromatic heterocycles. The lowest BCUT2D eigenvalue weighted by atomic mass is 9.87. The van der Waals surface area contributed by atoms with E-state index in [1.54, 1.807) is 6.08 Å². The van der Waals surface area contributed by atoms with E-state index in [1.165, 1.54) is 5.56 Å². The smallest absolute Gasteiger partial charge is 0.151 e. The van der Waals surface area contributed by atoms with Crippen LogP contribution in [0, 0.1) is 0 Å². The fourth-order valence-corrected chi connectivity index (χ4v) is 2.87. The Kier molecular flexibility index (Phi) is 4.06. The molecule has 0 amide bonds. The molecule has 2 nitrogen and oxygen atoms in total. The molecule has 1 aliphatic rings. The molecule has 1 aliphatic heterocycles. The van der Waals surface area contributed by atoms with Gasteiger partial charge in [0.25, 0.3) is 0 Å². The first-order valence-electron chi connectivity index (χ1n) is 8.12. The zero-order chi connectivity index (χ0) is 17.3. The maximum atomic E-state index is 5.96. The highest BCUT2D eigenvalue weighted by atomic mass is 16.5. The molecular formula is C22H23NO. The molecule has 2 heteroatoms. The minimum atomic E-state index is 0.130. The summed E-state index contributed by atoms with van der Waals surface area (Å²) in [4.78, 5) is 2.16. The van der Waals surface area contributed by atoms with Crippen molar-refractivity contribution in [3.63, 3.8) is 0 Å². The van der Waals surface area contributed by atoms with Gasteiger partial charge in [-0.2, -0.15) is 0 Å². The van der Waals surface area contributed by atoms with Crippen molar-refractivity contribution in [2.75, 3.05) is 4.90 Å². The van der Waals surface area contributed by atoms with E-state index in [0.29, 0.717) is 5.76 Å². The SMILES string of the molecule is C=CC1=C(C=C)N(c2ccc(C(C)(C)C)cc2)c2ccccc2O1. The molecule has 2 aromatic carbocycles. The summed E-state index contributed by atoms with van der Waals surface area (Å²) in [6.07, 6.45) is 3.54. The average molecular weight is 317 g/mol. The molecule has 0 saturated carbocycles. The fourth-order valence-electron chi connectivity index (χ4n) is 2.87. The van der Waals surface area contributed by atoms with E-state index >= 15 is 0 Å². The van der Waals surface area contributed by atoms with E-state index in [2.05, 4.69) is 69.2 Å². The van der Waals surface area contributed by atoms with Gasteiger partial charge in [0.15, 0.2) is 11.5 Å². The topological polar surface area (TPSA) is 12.5 Å². The molecule has 0 saturated heterocycles. The molecule has 0 fully saturated rings. The summed E-state index contributed by atoms with van der Waals surface area (Å²) in [5.41, 5.74) is 4.41. The van der Waals surface area contributed by atoms with Crippen LogP contribution in [0.1, 0.15) is 26.3 Å². The number of rotatable bonds is 3. The molecule has 0 unspecified atom stereocenters. The van der Waals surface area contributed by atoms with Crippen LogP contribution in [-0.4, -0.2) is 0 Å². The third-order valence-electron chi connectivity index (χ3n) is 4.19. The quantitative estimate of drug-likeness (QED) is 0.678. The number of allylic oxidation sites excluding steroid dienone is 2. The first-order valence-corrected chi connectivity index (χ1v) is 8.12. The van der Waals surface area contributed by atoms with Crippen LogP contribution in [0.2, 0.25) is 0 Å². The van der Waals surface area contributed by atoms with Crippen LogP contribution in [0.5, 0.6) is 5.75 Å². The van der Waals surface area contributed by atoms with Gasteiger partial charge in [-0.1, -0.05) is 58.2 Å². The largest absolute Gasteiger partial charge is 0.453 e. The number of nitrogens with zero attached hydrogens (tertiary/aromatic N) is 1. The average Bonchev–Trinajstić information content (AvgIpc) is 2.59. The first kappa shape index (κ1) is 16.1. The van der Waals surface area contributed by atoms with E-state index < -0.39 is 0 Å². The van der Waals surface area contributed by atoms with Crippen LogP contribution in [-0.2, 0) is 5.41 Å². The van der Waals surface area contributed by atoms with Crippen molar-refractivity contribution in [3.05, 3.63) is 90.9 Å². The normalized spacial score (nSPS) is 14.0. The number of fused-ring (bicyclic) bond motifs is 1. The Hall–Kier alpha value is -2.74. The third kappa shape index (κ3) is 2.76. The van der Waals surface area contributed by atoms with Gasteiger partial charge >= 0.3 is 0 Å². The van der Waals surface area contributed by atoms with Gasteiger partial charge in [0.2, 0.25) is 0 Å². The monoisotopic (exact) mass is 317 g/mol. The van der Waals surface area contributed by atoms with Crippen LogP contribution in [0.4, 0.5) is 11.4 Å². The van der Waals surface area contributed by atoms with Crippen LogP contribution in [0.25, 0.3) is 0 Å². The Bertz CT molecular complexity index is 807. The van der Waals surface area contributed by atoms with Crippen molar-refractivity contribution < 1.29 is 4.74 Å². The number of hydrogen-bond donors (Lipinski definition) is 0. The molecule has 0 bridgehead atoms. The highest BCUT2D eigenvalue weighted by Crippen LogP contribution is 2.43. The fraction of sp³-hybridized carbons (Fsp3) is 0.182. The summed E-state index contributed by atoms with van der Waals surface area (Å²) in [6.45, 7) is 14.5. The van der Waals surface area contributed by atoms with E-state index in [9.17, 15) is 0 Å². The summed E-state index contributed by atoms with van der Waals surface area (Å²) >= 11 is 0. The standard InChI is InChI=1S/C22H23NO/c1-6-18-20(7-2)24-21-11-9-8-10-19(21)23(18)17-14-12-16(13-15-17)22(3,4)5/h6-15H,1-2H2,3-5H3. The lowest BCUT2D eigenvalue weighted by Gasteiger charge is -2.33. The van der Waals surface area contributed by atoms with Crippen molar-refractivity contribution in [1.29, 1.82) is 0 Å². The van der Waals surface area contributed by atoms with Crippen LogP contribution in [0.15, 0.2) is 85.3 Å². The minimum Gasteiger partial charge on any atom is -0.453 e. The molecule has 3 rings (SSSR count). The van der Waals surface area contributed by atoms with Crippen molar-refractivity contribution >= 4 is 11.4 Å². The Morgan fingerprint density at radius 3 is 2.17 bits per heavy atom. The second kappa shape index (κ2) is 6.04. The summed E-state index contributed by atoms with van der Waals surface area (Å²) in [7, 11) is 0. The van der Waals surface area contributed by atoms with E-state index in [1.807, 2.05) is 24.3 Å². The molecule has 0 atom stereocenters. The maximum absolute atomic E-state index is 5.96. The molecule has 0 spiro atoms. The Balaban J connectivity index is 2.15. The number of benzene rings is 2. The van der Waals surface area contributed by atoms with Gasteiger partial charge in [-0.3, -0.25) is 0 Å². The first-order chi connectivity index (χ1) is 11.5. The highest BCUT2D eigenvalue weighted by molar-refractivity contribution is 5.77. The molecular weight excluding hydrogens is 294 g/mol.